The molecule has 0 unspecified atom stereocenters. The molecule has 0 radical (unpaired) electrons. The van der Waals surface area contributed by atoms with Crippen molar-refractivity contribution < 1.29 is 4.79 Å². The highest BCUT2D eigenvalue weighted by atomic mass is 35.5. The van der Waals surface area contributed by atoms with E-state index in [9.17, 15) is 4.79 Å². The molecule has 0 bridgehead atoms. The van der Waals surface area contributed by atoms with Gasteiger partial charge in [-0.2, -0.15) is 0 Å². The van der Waals surface area contributed by atoms with Crippen molar-refractivity contribution in [1.82, 2.24) is 10.2 Å². The lowest BCUT2D eigenvalue weighted by atomic mass is 10.2. The van der Waals surface area contributed by atoms with Crippen LogP contribution in [0.5, 0.6) is 0 Å². The summed E-state index contributed by atoms with van der Waals surface area (Å²) in [6.45, 7) is 3.52. The number of nitrogens with one attached hydrogen (secondary N) is 1. The van der Waals surface area contributed by atoms with Crippen LogP contribution in [0.2, 0.25) is 0 Å². The van der Waals surface area contributed by atoms with E-state index < -0.39 is 0 Å². The number of amides is 1. The molecule has 2 aromatic rings. The highest BCUT2D eigenvalue weighted by molar-refractivity contribution is 7.98. The first-order valence-electron chi connectivity index (χ1n) is 7.59. The Kier molecular flexibility index (Phi) is 7.43. The Morgan fingerprint density at radius 2 is 2.04 bits per heavy atom. The normalized spacial score (nSPS) is 14.9. The SMILES string of the molecule is Cl.O=C(c1ccccc1SCc1cccs1)N1CCCNCC1. The van der Waals surface area contributed by atoms with Gasteiger partial charge in [-0.05, 0) is 36.5 Å². The van der Waals surface area contributed by atoms with Gasteiger partial charge in [-0.25, -0.2) is 0 Å². The number of carbonyl (C=O) groups is 1. The van der Waals surface area contributed by atoms with Gasteiger partial charge in [0, 0.05) is 35.2 Å². The molecule has 1 fully saturated rings. The van der Waals surface area contributed by atoms with Crippen LogP contribution in [-0.2, 0) is 5.75 Å². The number of carbonyl (C=O) groups excluding carboxylic acids is 1. The highest BCUT2D eigenvalue weighted by Gasteiger charge is 2.19. The van der Waals surface area contributed by atoms with Gasteiger partial charge in [0.05, 0.1) is 5.56 Å². The Morgan fingerprint density at radius 1 is 1.17 bits per heavy atom. The first-order valence-corrected chi connectivity index (χ1v) is 9.45. The maximum atomic E-state index is 12.8. The third-order valence-corrected chi connectivity index (χ3v) is 5.88. The maximum Gasteiger partial charge on any atom is 0.255 e. The standard InChI is InChI=1S/C17H20N2OS2.ClH/c20-17(19-10-4-8-18-9-11-19)15-6-1-2-7-16(15)22-13-14-5-3-12-21-14;/h1-3,5-7,12,18H,4,8-11,13H2;1H. The Morgan fingerprint density at radius 3 is 2.87 bits per heavy atom. The summed E-state index contributed by atoms with van der Waals surface area (Å²) in [5.74, 6) is 1.08. The van der Waals surface area contributed by atoms with Gasteiger partial charge >= 0.3 is 0 Å². The zero-order chi connectivity index (χ0) is 15.2. The number of halogens is 1. The zero-order valence-corrected chi connectivity index (χ0v) is 15.3. The fraction of sp³-hybridized carbons (Fsp3) is 0.353. The molecule has 2 heterocycles. The van der Waals surface area contributed by atoms with Gasteiger partial charge in [-0.15, -0.1) is 35.5 Å². The average molecular weight is 369 g/mol. The topological polar surface area (TPSA) is 32.3 Å². The molecule has 124 valence electrons. The van der Waals surface area contributed by atoms with E-state index in [1.807, 2.05) is 23.1 Å². The summed E-state index contributed by atoms with van der Waals surface area (Å²) in [6.07, 6.45) is 1.02. The number of benzene rings is 1. The van der Waals surface area contributed by atoms with E-state index in [1.165, 1.54) is 4.88 Å². The Hall–Kier alpha value is -1.01. The molecule has 0 atom stereocenters. The fourth-order valence-corrected chi connectivity index (χ4v) is 4.35. The Labute approximate surface area is 151 Å². The van der Waals surface area contributed by atoms with Crippen LogP contribution in [0.3, 0.4) is 0 Å². The van der Waals surface area contributed by atoms with E-state index in [0.717, 1.165) is 48.8 Å². The molecular weight excluding hydrogens is 348 g/mol. The first-order chi connectivity index (χ1) is 10.8. The smallest absolute Gasteiger partial charge is 0.255 e. The number of hydrogen-bond donors (Lipinski definition) is 1. The van der Waals surface area contributed by atoms with Gasteiger partial charge in [-0.1, -0.05) is 18.2 Å². The van der Waals surface area contributed by atoms with E-state index in [0.29, 0.717) is 0 Å². The third kappa shape index (κ3) is 4.98. The number of thioether (sulfide) groups is 1. The zero-order valence-electron chi connectivity index (χ0n) is 12.9. The molecule has 1 aliphatic heterocycles. The van der Waals surface area contributed by atoms with E-state index in [1.54, 1.807) is 23.1 Å². The summed E-state index contributed by atoms with van der Waals surface area (Å²) in [5, 5.41) is 5.44. The van der Waals surface area contributed by atoms with Gasteiger partial charge in [0.25, 0.3) is 5.91 Å². The van der Waals surface area contributed by atoms with Crippen LogP contribution in [0.15, 0.2) is 46.7 Å². The lowest BCUT2D eigenvalue weighted by Gasteiger charge is -2.21. The number of rotatable bonds is 4. The van der Waals surface area contributed by atoms with Crippen molar-refractivity contribution in [2.24, 2.45) is 0 Å². The lowest BCUT2D eigenvalue weighted by Crippen LogP contribution is -2.34. The summed E-state index contributed by atoms with van der Waals surface area (Å²) < 4.78 is 0. The van der Waals surface area contributed by atoms with Crippen LogP contribution in [0.1, 0.15) is 21.7 Å². The van der Waals surface area contributed by atoms with Crippen molar-refractivity contribution in [3.05, 3.63) is 52.2 Å². The van der Waals surface area contributed by atoms with E-state index in [4.69, 9.17) is 0 Å². The van der Waals surface area contributed by atoms with E-state index in [-0.39, 0.29) is 18.3 Å². The van der Waals surface area contributed by atoms with Gasteiger partial charge in [0.15, 0.2) is 0 Å². The van der Waals surface area contributed by atoms with Gasteiger partial charge < -0.3 is 10.2 Å². The largest absolute Gasteiger partial charge is 0.337 e. The Bertz CT molecular complexity index is 611. The van der Waals surface area contributed by atoms with E-state index in [2.05, 4.69) is 28.9 Å². The minimum atomic E-state index is 0. The molecule has 1 aromatic carbocycles. The number of nitrogens with zero attached hydrogens (tertiary/aromatic N) is 1. The minimum Gasteiger partial charge on any atom is -0.337 e. The van der Waals surface area contributed by atoms with Crippen LogP contribution < -0.4 is 5.32 Å². The summed E-state index contributed by atoms with van der Waals surface area (Å²) >= 11 is 3.51. The molecule has 1 aromatic heterocycles. The Balaban J connectivity index is 0.00000192. The second kappa shape index (κ2) is 9.33. The molecule has 1 amide bonds. The number of thiophene rings is 1. The summed E-state index contributed by atoms with van der Waals surface area (Å²) in [5.41, 5.74) is 0.839. The molecule has 1 saturated heterocycles. The molecular formula is C17H21ClN2OS2. The van der Waals surface area contributed by atoms with Crippen LogP contribution >= 0.6 is 35.5 Å². The first kappa shape index (κ1) is 18.3. The van der Waals surface area contributed by atoms with Gasteiger partial charge in [0.1, 0.15) is 0 Å². The van der Waals surface area contributed by atoms with Crippen molar-refractivity contribution in [1.29, 1.82) is 0 Å². The van der Waals surface area contributed by atoms with Crippen molar-refractivity contribution >= 4 is 41.4 Å². The predicted octanol–water partition coefficient (Wildman–Crippen LogP) is 3.90. The molecule has 0 aliphatic carbocycles. The quantitative estimate of drug-likeness (QED) is 0.831. The molecule has 1 N–H and O–H groups in total. The molecule has 0 spiro atoms. The molecule has 3 rings (SSSR count). The number of hydrogen-bond acceptors (Lipinski definition) is 4. The van der Waals surface area contributed by atoms with Crippen molar-refractivity contribution in [3.63, 3.8) is 0 Å². The van der Waals surface area contributed by atoms with Crippen molar-refractivity contribution in [2.45, 2.75) is 17.1 Å². The minimum absolute atomic E-state index is 0. The second-order valence-corrected chi connectivity index (χ2v) is 7.31. The monoisotopic (exact) mass is 368 g/mol. The molecule has 1 aliphatic rings. The van der Waals surface area contributed by atoms with Crippen molar-refractivity contribution in [2.75, 3.05) is 26.2 Å². The molecule has 6 heteroatoms. The molecule has 3 nitrogen and oxygen atoms in total. The summed E-state index contributed by atoms with van der Waals surface area (Å²) in [6, 6.07) is 12.2. The van der Waals surface area contributed by atoms with Gasteiger partial charge in [0.2, 0.25) is 0 Å². The highest BCUT2D eigenvalue weighted by Crippen LogP contribution is 2.28. The fourth-order valence-electron chi connectivity index (χ4n) is 2.53. The van der Waals surface area contributed by atoms with Crippen LogP contribution in [-0.4, -0.2) is 37.0 Å². The van der Waals surface area contributed by atoms with Crippen LogP contribution in [0, 0.1) is 0 Å². The summed E-state index contributed by atoms with van der Waals surface area (Å²) in [7, 11) is 0. The van der Waals surface area contributed by atoms with E-state index >= 15 is 0 Å². The lowest BCUT2D eigenvalue weighted by molar-refractivity contribution is 0.0763. The third-order valence-electron chi connectivity index (χ3n) is 3.69. The van der Waals surface area contributed by atoms with Crippen LogP contribution in [0.4, 0.5) is 0 Å². The molecule has 23 heavy (non-hydrogen) atoms. The van der Waals surface area contributed by atoms with Crippen LogP contribution in [0.25, 0.3) is 0 Å². The van der Waals surface area contributed by atoms with Crippen molar-refractivity contribution in [3.8, 4) is 0 Å². The maximum absolute atomic E-state index is 12.8. The predicted molar refractivity (Wildman–Crippen MR) is 101 cm³/mol. The molecule has 0 saturated carbocycles. The summed E-state index contributed by atoms with van der Waals surface area (Å²) in [4.78, 5) is 17.2. The van der Waals surface area contributed by atoms with Gasteiger partial charge in [-0.3, -0.25) is 4.79 Å². The second-order valence-electron chi connectivity index (χ2n) is 5.26. The average Bonchev–Trinajstić information content (AvgIpc) is 2.93.